The highest BCUT2D eigenvalue weighted by Gasteiger charge is 2.32. The second kappa shape index (κ2) is 12.5. The Morgan fingerprint density at radius 2 is 1.76 bits per heavy atom. The molecule has 17 heteroatoms. The maximum atomic E-state index is 13.6. The molecule has 1 fully saturated rings. The molecule has 0 radical (unpaired) electrons. The molecule has 244 valence electrons. The lowest BCUT2D eigenvalue weighted by Crippen LogP contribution is -2.38. The van der Waals surface area contributed by atoms with E-state index in [0.717, 1.165) is 24.2 Å². The van der Waals surface area contributed by atoms with Crippen LogP contribution >= 0.6 is 11.6 Å². The Labute approximate surface area is 267 Å². The van der Waals surface area contributed by atoms with Gasteiger partial charge in [-0.25, -0.2) is 33.1 Å². The molecule has 12 nitrogen and oxygen atoms in total. The van der Waals surface area contributed by atoms with Gasteiger partial charge in [0.05, 0.1) is 34.5 Å². The number of hydrogen-bond donors (Lipinski definition) is 2. The third-order valence-corrected chi connectivity index (χ3v) is 8.43. The normalized spacial score (nSPS) is 15.2. The molecule has 0 aliphatic carbocycles. The first-order valence-electron chi connectivity index (χ1n) is 14.1. The van der Waals surface area contributed by atoms with E-state index in [-0.39, 0.29) is 28.0 Å². The Kier molecular flexibility index (Phi) is 8.96. The van der Waals surface area contributed by atoms with Crippen molar-refractivity contribution in [2.45, 2.75) is 44.8 Å². The maximum Gasteiger partial charge on any atom is 0.419 e. The standard InChI is InChI=1S/C29H30ClF3N8O4S/c1-15-11-19(16(2)36-21-5-6-22(30)37-24(21)26(42)39-46(4,44)45)23-20(12-15)27(43)40(3)28(38-23)41-9-7-17(8-10-41)25-34-13-18(14-35-25)29(31,32)33/h5-6,11-14,16-17,36H,7-10H2,1-4H3,(H,39,42)/t16-/m1/s1. The van der Waals surface area contributed by atoms with Crippen LogP contribution in [0.2, 0.25) is 5.15 Å². The van der Waals surface area contributed by atoms with Crippen LogP contribution in [0.5, 0.6) is 0 Å². The highest BCUT2D eigenvalue weighted by atomic mass is 35.5. The summed E-state index contributed by atoms with van der Waals surface area (Å²) in [4.78, 5) is 45.1. The van der Waals surface area contributed by atoms with E-state index >= 15 is 0 Å². The number of piperidine rings is 1. The minimum absolute atomic E-state index is 0.0127. The molecule has 0 spiro atoms. The number of fused-ring (bicyclic) bond motifs is 1. The monoisotopic (exact) mass is 678 g/mol. The van der Waals surface area contributed by atoms with Crippen molar-refractivity contribution < 1.29 is 26.4 Å². The molecule has 1 aliphatic heterocycles. The number of sulfonamides is 1. The van der Waals surface area contributed by atoms with Gasteiger partial charge in [-0.15, -0.1) is 0 Å². The minimum atomic E-state index is -4.51. The molecule has 0 bridgehead atoms. The summed E-state index contributed by atoms with van der Waals surface area (Å²) in [5.41, 5.74) is 0.679. The van der Waals surface area contributed by atoms with Gasteiger partial charge in [-0.3, -0.25) is 14.2 Å². The number of rotatable bonds is 7. The first-order chi connectivity index (χ1) is 21.5. The van der Waals surface area contributed by atoms with Crippen LogP contribution in [0, 0.1) is 6.92 Å². The number of benzene rings is 1. The molecular weight excluding hydrogens is 649 g/mol. The summed E-state index contributed by atoms with van der Waals surface area (Å²) in [6, 6.07) is 6.03. The van der Waals surface area contributed by atoms with Crippen LogP contribution in [0.3, 0.4) is 0 Å². The van der Waals surface area contributed by atoms with Crippen molar-refractivity contribution in [3.05, 3.63) is 80.4 Å². The quantitative estimate of drug-likeness (QED) is 0.270. The van der Waals surface area contributed by atoms with Crippen molar-refractivity contribution in [2.24, 2.45) is 7.05 Å². The number of anilines is 2. The largest absolute Gasteiger partial charge is 0.419 e. The summed E-state index contributed by atoms with van der Waals surface area (Å²) in [5, 5.41) is 3.56. The summed E-state index contributed by atoms with van der Waals surface area (Å²) in [5.74, 6) is -0.358. The molecule has 1 atom stereocenters. The fourth-order valence-electron chi connectivity index (χ4n) is 5.44. The lowest BCUT2D eigenvalue weighted by molar-refractivity contribution is -0.138. The molecule has 3 aromatic heterocycles. The van der Waals surface area contributed by atoms with Gasteiger partial charge in [-0.1, -0.05) is 17.7 Å². The predicted octanol–water partition coefficient (Wildman–Crippen LogP) is 4.35. The topological polar surface area (TPSA) is 152 Å². The number of nitrogens with one attached hydrogen (secondary N) is 2. The number of carbonyl (C=O) groups is 1. The molecule has 1 amide bonds. The molecule has 5 rings (SSSR count). The van der Waals surface area contributed by atoms with Gasteiger partial charge >= 0.3 is 6.18 Å². The van der Waals surface area contributed by atoms with Crippen LogP contribution in [0.25, 0.3) is 10.9 Å². The molecular formula is C29H30ClF3N8O4S. The fraction of sp³-hybridized carbons (Fsp3) is 0.379. The Hall–Kier alpha value is -4.31. The van der Waals surface area contributed by atoms with Crippen LogP contribution in [0.4, 0.5) is 24.8 Å². The zero-order valence-corrected chi connectivity index (χ0v) is 26.8. The van der Waals surface area contributed by atoms with Crippen molar-refractivity contribution in [1.29, 1.82) is 0 Å². The van der Waals surface area contributed by atoms with Gasteiger partial charge < -0.3 is 10.2 Å². The number of nitrogens with zero attached hydrogens (tertiary/aromatic N) is 6. The Balaban J connectivity index is 1.44. The lowest BCUT2D eigenvalue weighted by atomic mass is 9.96. The Morgan fingerprint density at radius 1 is 1.11 bits per heavy atom. The molecule has 2 N–H and O–H groups in total. The van der Waals surface area contributed by atoms with Gasteiger partial charge in [0.1, 0.15) is 11.0 Å². The average molecular weight is 679 g/mol. The first-order valence-corrected chi connectivity index (χ1v) is 16.4. The van der Waals surface area contributed by atoms with Crippen LogP contribution in [-0.4, -0.2) is 58.2 Å². The zero-order valence-electron chi connectivity index (χ0n) is 25.2. The summed E-state index contributed by atoms with van der Waals surface area (Å²) >= 11 is 6.01. The Morgan fingerprint density at radius 3 is 2.37 bits per heavy atom. The molecule has 1 saturated heterocycles. The van der Waals surface area contributed by atoms with Gasteiger partial charge in [0.2, 0.25) is 16.0 Å². The number of carbonyl (C=O) groups excluding carboxylic acids is 1. The maximum absolute atomic E-state index is 13.6. The average Bonchev–Trinajstić information content (AvgIpc) is 2.98. The third-order valence-electron chi connectivity index (χ3n) is 7.67. The van der Waals surface area contributed by atoms with E-state index < -0.39 is 33.7 Å². The number of aromatic nitrogens is 5. The van der Waals surface area contributed by atoms with Crippen molar-refractivity contribution in [3.8, 4) is 0 Å². The number of aryl methyl sites for hydroxylation is 1. The predicted molar refractivity (Wildman–Crippen MR) is 167 cm³/mol. The van der Waals surface area contributed by atoms with Crippen molar-refractivity contribution in [3.63, 3.8) is 0 Å². The van der Waals surface area contributed by atoms with E-state index in [9.17, 15) is 31.2 Å². The van der Waals surface area contributed by atoms with Crippen LogP contribution in [-0.2, 0) is 23.2 Å². The molecule has 4 heterocycles. The molecule has 0 saturated carbocycles. The van der Waals surface area contributed by atoms with Crippen LogP contribution in [0.1, 0.15) is 64.7 Å². The fourth-order valence-corrected chi connectivity index (χ4v) is 6.02. The van der Waals surface area contributed by atoms with Crippen molar-refractivity contribution >= 4 is 50.1 Å². The van der Waals surface area contributed by atoms with E-state index in [2.05, 4.69) is 20.3 Å². The number of amides is 1. The number of hydrogen-bond acceptors (Lipinski definition) is 10. The molecule has 1 aliphatic rings. The molecule has 46 heavy (non-hydrogen) atoms. The van der Waals surface area contributed by atoms with Crippen molar-refractivity contribution in [2.75, 3.05) is 29.6 Å². The van der Waals surface area contributed by atoms with Crippen LogP contribution < -0.4 is 20.5 Å². The summed E-state index contributed by atoms with van der Waals surface area (Å²) in [6.07, 6.45) is -0.995. The highest BCUT2D eigenvalue weighted by molar-refractivity contribution is 7.89. The lowest BCUT2D eigenvalue weighted by Gasteiger charge is -2.33. The number of halogens is 4. The van der Waals surface area contributed by atoms with E-state index in [1.165, 1.54) is 16.7 Å². The van der Waals surface area contributed by atoms with Crippen LogP contribution in [0.15, 0.2) is 41.5 Å². The van der Waals surface area contributed by atoms with Gasteiger partial charge in [-0.05, 0) is 50.5 Å². The molecule has 0 unspecified atom stereocenters. The van der Waals surface area contributed by atoms with E-state index in [4.69, 9.17) is 16.6 Å². The van der Waals surface area contributed by atoms with E-state index in [1.54, 1.807) is 20.0 Å². The smallest absolute Gasteiger partial charge is 0.377 e. The summed E-state index contributed by atoms with van der Waals surface area (Å²) in [6.45, 7) is 4.57. The minimum Gasteiger partial charge on any atom is -0.377 e. The van der Waals surface area contributed by atoms with E-state index in [1.807, 2.05) is 22.6 Å². The number of alkyl halides is 3. The van der Waals surface area contributed by atoms with E-state index in [0.29, 0.717) is 54.2 Å². The van der Waals surface area contributed by atoms with Crippen molar-refractivity contribution in [1.82, 2.24) is 29.2 Å². The summed E-state index contributed by atoms with van der Waals surface area (Å²) < 4.78 is 65.6. The van der Waals surface area contributed by atoms with Gasteiger partial charge in [0.25, 0.3) is 11.5 Å². The second-order valence-corrected chi connectivity index (χ2v) is 13.4. The van der Waals surface area contributed by atoms with Gasteiger partial charge in [0, 0.05) is 44.0 Å². The first kappa shape index (κ1) is 33.1. The molecule has 4 aromatic rings. The second-order valence-electron chi connectivity index (χ2n) is 11.2. The summed E-state index contributed by atoms with van der Waals surface area (Å²) in [7, 11) is -2.25. The van der Waals surface area contributed by atoms with Gasteiger partial charge in [-0.2, -0.15) is 13.2 Å². The highest BCUT2D eigenvalue weighted by Crippen LogP contribution is 2.33. The number of pyridine rings is 1. The van der Waals surface area contributed by atoms with Gasteiger partial charge in [0.15, 0.2) is 5.69 Å². The molecule has 1 aromatic carbocycles. The SMILES string of the molecule is Cc1cc([C@@H](C)Nc2ccc(Cl)nc2C(=O)NS(C)(=O)=O)c2nc(N3CCC(c4ncc(C(F)(F)F)cn4)CC3)n(C)c(=O)c2c1. The Bertz CT molecular complexity index is 1980. The zero-order chi connectivity index (χ0) is 33.6. The third kappa shape index (κ3) is 7.07.